The van der Waals surface area contributed by atoms with Crippen molar-refractivity contribution in [1.29, 1.82) is 0 Å². The van der Waals surface area contributed by atoms with E-state index in [2.05, 4.69) is 5.32 Å². The summed E-state index contributed by atoms with van der Waals surface area (Å²) in [6.07, 6.45) is -4.70. The molecule has 11 heteroatoms. The SMILES string of the molecule is CCC(C)Nc1c([N+](=O)[O-])cc(C(F)(F)F)c(Oc2cccc(C)c2)c1[N+](=O)[O-]. The van der Waals surface area contributed by atoms with Crippen LogP contribution in [0.2, 0.25) is 0 Å². The summed E-state index contributed by atoms with van der Waals surface area (Å²) >= 11 is 0. The van der Waals surface area contributed by atoms with Gasteiger partial charge in [-0.3, -0.25) is 20.2 Å². The number of hydrogen-bond donors (Lipinski definition) is 1. The van der Waals surface area contributed by atoms with Crippen LogP contribution >= 0.6 is 0 Å². The molecule has 0 aliphatic carbocycles. The van der Waals surface area contributed by atoms with Crippen molar-refractivity contribution < 1.29 is 27.8 Å². The van der Waals surface area contributed by atoms with E-state index >= 15 is 0 Å². The minimum atomic E-state index is -5.12. The van der Waals surface area contributed by atoms with Gasteiger partial charge in [0, 0.05) is 12.1 Å². The number of nitrogens with zero attached hydrogens (tertiary/aromatic N) is 2. The Labute approximate surface area is 163 Å². The molecule has 0 heterocycles. The van der Waals surface area contributed by atoms with Gasteiger partial charge in [-0.05, 0) is 38.0 Å². The van der Waals surface area contributed by atoms with Crippen LogP contribution in [0.25, 0.3) is 0 Å². The Balaban J connectivity index is 2.87. The van der Waals surface area contributed by atoms with Gasteiger partial charge in [0.2, 0.25) is 5.75 Å². The number of benzene rings is 2. The van der Waals surface area contributed by atoms with Gasteiger partial charge in [0.25, 0.3) is 5.69 Å². The molecule has 0 aromatic heterocycles. The lowest BCUT2D eigenvalue weighted by Crippen LogP contribution is -2.18. The van der Waals surface area contributed by atoms with E-state index < -0.39 is 50.4 Å². The number of aryl methyl sites for hydroxylation is 1. The number of hydrogen-bond acceptors (Lipinski definition) is 6. The summed E-state index contributed by atoms with van der Waals surface area (Å²) in [6.45, 7) is 4.97. The maximum absolute atomic E-state index is 13.6. The van der Waals surface area contributed by atoms with E-state index in [1.807, 2.05) is 0 Å². The molecule has 0 spiro atoms. The molecule has 2 aromatic rings. The maximum atomic E-state index is 13.6. The van der Waals surface area contributed by atoms with Crippen LogP contribution in [0.3, 0.4) is 0 Å². The average Bonchev–Trinajstić information content (AvgIpc) is 2.60. The maximum Gasteiger partial charge on any atom is 0.420 e. The number of alkyl halides is 3. The standard InChI is InChI=1S/C18H18F3N3O5/c1-4-11(3)22-15-14(23(25)26)9-13(18(19,20)21)17(16(15)24(27)28)29-12-7-5-6-10(2)8-12/h5-9,11,22H,4H2,1-3H3. The fourth-order valence-electron chi connectivity index (χ4n) is 2.56. The highest BCUT2D eigenvalue weighted by atomic mass is 19.4. The predicted octanol–water partition coefficient (Wildman–Crippen LogP) is 5.83. The zero-order valence-corrected chi connectivity index (χ0v) is 15.7. The van der Waals surface area contributed by atoms with Crippen LogP contribution in [0.1, 0.15) is 31.4 Å². The Hall–Kier alpha value is -3.37. The molecular weight excluding hydrogens is 395 g/mol. The summed E-state index contributed by atoms with van der Waals surface area (Å²) in [5.41, 5.74) is -3.79. The second-order valence-corrected chi connectivity index (χ2v) is 6.38. The van der Waals surface area contributed by atoms with Crippen LogP contribution in [-0.2, 0) is 6.18 Å². The molecular formula is C18H18F3N3O5. The van der Waals surface area contributed by atoms with Gasteiger partial charge >= 0.3 is 11.9 Å². The Morgan fingerprint density at radius 2 is 1.83 bits per heavy atom. The van der Waals surface area contributed by atoms with E-state index in [0.29, 0.717) is 12.0 Å². The van der Waals surface area contributed by atoms with Crippen molar-refractivity contribution in [2.75, 3.05) is 5.32 Å². The van der Waals surface area contributed by atoms with Gasteiger partial charge in [-0.25, -0.2) is 0 Å². The number of nitro benzene ring substituents is 2. The van der Waals surface area contributed by atoms with Gasteiger partial charge in [-0.2, -0.15) is 13.2 Å². The molecule has 0 aliphatic rings. The normalized spacial score (nSPS) is 12.3. The van der Waals surface area contributed by atoms with Crippen molar-refractivity contribution in [3.8, 4) is 11.5 Å². The first-order valence-electron chi connectivity index (χ1n) is 8.53. The van der Waals surface area contributed by atoms with E-state index in [4.69, 9.17) is 4.74 Å². The van der Waals surface area contributed by atoms with Crippen molar-refractivity contribution in [1.82, 2.24) is 0 Å². The van der Waals surface area contributed by atoms with Crippen LogP contribution in [0.4, 0.5) is 30.2 Å². The third-order valence-corrected chi connectivity index (χ3v) is 4.13. The molecule has 0 aliphatic heterocycles. The smallest absolute Gasteiger partial charge is 0.420 e. The lowest BCUT2D eigenvalue weighted by Gasteiger charge is -2.19. The topological polar surface area (TPSA) is 108 Å². The largest absolute Gasteiger partial charge is 0.449 e. The quantitative estimate of drug-likeness (QED) is 0.452. The average molecular weight is 413 g/mol. The molecule has 0 amide bonds. The molecule has 1 atom stereocenters. The number of rotatable bonds is 7. The third kappa shape index (κ3) is 4.92. The van der Waals surface area contributed by atoms with Gasteiger partial charge < -0.3 is 10.1 Å². The first-order valence-corrected chi connectivity index (χ1v) is 8.53. The molecule has 8 nitrogen and oxygen atoms in total. The fourth-order valence-corrected chi connectivity index (χ4v) is 2.56. The Morgan fingerprint density at radius 3 is 2.31 bits per heavy atom. The minimum Gasteiger partial charge on any atom is -0.449 e. The van der Waals surface area contributed by atoms with E-state index in [1.54, 1.807) is 26.8 Å². The van der Waals surface area contributed by atoms with Crippen LogP contribution in [0.15, 0.2) is 30.3 Å². The van der Waals surface area contributed by atoms with Crippen molar-refractivity contribution in [3.63, 3.8) is 0 Å². The van der Waals surface area contributed by atoms with Gasteiger partial charge in [0.05, 0.1) is 9.85 Å². The minimum absolute atomic E-state index is 0.0676. The van der Waals surface area contributed by atoms with E-state index in [1.165, 1.54) is 18.2 Å². The number of ether oxygens (including phenoxy) is 1. The van der Waals surface area contributed by atoms with Gasteiger partial charge in [0.15, 0.2) is 5.69 Å². The lowest BCUT2D eigenvalue weighted by molar-refractivity contribution is -0.393. The number of nitro groups is 2. The van der Waals surface area contributed by atoms with Crippen molar-refractivity contribution in [2.45, 2.75) is 39.4 Å². The highest BCUT2D eigenvalue weighted by Gasteiger charge is 2.44. The van der Waals surface area contributed by atoms with Gasteiger partial charge in [0.1, 0.15) is 11.3 Å². The molecule has 0 saturated carbocycles. The summed E-state index contributed by atoms with van der Waals surface area (Å²) in [4.78, 5) is 20.9. The van der Waals surface area contributed by atoms with Crippen LogP contribution in [0.5, 0.6) is 11.5 Å². The fraction of sp³-hybridized carbons (Fsp3) is 0.333. The highest BCUT2D eigenvalue weighted by molar-refractivity contribution is 5.81. The van der Waals surface area contributed by atoms with Gasteiger partial charge in [-0.15, -0.1) is 0 Å². The Morgan fingerprint density at radius 1 is 1.17 bits per heavy atom. The predicted molar refractivity (Wildman–Crippen MR) is 99.4 cm³/mol. The summed E-state index contributed by atoms with van der Waals surface area (Å²) in [6, 6.07) is 5.68. The zero-order chi connectivity index (χ0) is 21.9. The van der Waals surface area contributed by atoms with E-state index in [-0.39, 0.29) is 11.8 Å². The first kappa shape index (κ1) is 21.9. The molecule has 0 fully saturated rings. The van der Waals surface area contributed by atoms with Crippen LogP contribution in [-0.4, -0.2) is 15.9 Å². The van der Waals surface area contributed by atoms with E-state index in [9.17, 15) is 33.4 Å². The summed E-state index contributed by atoms with van der Waals surface area (Å²) in [5.74, 6) is -1.17. The molecule has 2 rings (SSSR count). The Bertz CT molecular complexity index is 947. The zero-order valence-electron chi connectivity index (χ0n) is 15.7. The van der Waals surface area contributed by atoms with Crippen LogP contribution in [0, 0.1) is 27.2 Å². The summed E-state index contributed by atoms with van der Waals surface area (Å²) in [5, 5.41) is 25.7. The van der Waals surface area contributed by atoms with Crippen molar-refractivity contribution in [3.05, 3.63) is 61.7 Å². The van der Waals surface area contributed by atoms with Crippen molar-refractivity contribution in [2.24, 2.45) is 0 Å². The molecule has 1 unspecified atom stereocenters. The molecule has 0 radical (unpaired) electrons. The van der Waals surface area contributed by atoms with E-state index in [0.717, 1.165) is 0 Å². The second kappa shape index (κ2) is 8.33. The molecule has 1 N–H and O–H groups in total. The number of anilines is 1. The van der Waals surface area contributed by atoms with Crippen molar-refractivity contribution >= 4 is 17.1 Å². The molecule has 29 heavy (non-hydrogen) atoms. The monoisotopic (exact) mass is 413 g/mol. The summed E-state index contributed by atoms with van der Waals surface area (Å²) < 4.78 is 46.2. The molecule has 156 valence electrons. The number of nitrogens with one attached hydrogen (secondary N) is 1. The molecule has 2 aromatic carbocycles. The summed E-state index contributed by atoms with van der Waals surface area (Å²) in [7, 11) is 0. The highest BCUT2D eigenvalue weighted by Crippen LogP contribution is 2.51. The molecule has 0 bridgehead atoms. The first-order chi connectivity index (χ1) is 13.5. The second-order valence-electron chi connectivity index (χ2n) is 6.38. The van der Waals surface area contributed by atoms with Crippen LogP contribution < -0.4 is 10.1 Å². The Kier molecular flexibility index (Phi) is 6.30. The lowest BCUT2D eigenvalue weighted by atomic mass is 10.1. The third-order valence-electron chi connectivity index (χ3n) is 4.13. The molecule has 0 saturated heterocycles. The van der Waals surface area contributed by atoms with Gasteiger partial charge in [-0.1, -0.05) is 19.1 Å². The number of halogens is 3.